The zero-order valence-corrected chi connectivity index (χ0v) is 12.7. The van der Waals surface area contributed by atoms with Gasteiger partial charge in [-0.3, -0.25) is 9.69 Å². The highest BCUT2D eigenvalue weighted by atomic mass is 79.9. The highest BCUT2D eigenvalue weighted by molar-refractivity contribution is 9.10. The summed E-state index contributed by atoms with van der Waals surface area (Å²) in [4.78, 5) is 18.6. The van der Waals surface area contributed by atoms with E-state index < -0.39 is 0 Å². The van der Waals surface area contributed by atoms with Crippen LogP contribution in [0.4, 0.5) is 0 Å². The molecule has 2 rings (SSSR count). The fourth-order valence-electron chi connectivity index (χ4n) is 2.43. The van der Waals surface area contributed by atoms with Crippen molar-refractivity contribution in [3.63, 3.8) is 0 Å². The number of esters is 1. The summed E-state index contributed by atoms with van der Waals surface area (Å²) in [6.45, 7) is 3.92. The van der Waals surface area contributed by atoms with Crippen LogP contribution >= 0.6 is 15.9 Å². The van der Waals surface area contributed by atoms with Crippen LogP contribution in [0.25, 0.3) is 0 Å². The summed E-state index contributed by atoms with van der Waals surface area (Å²) < 4.78 is 5.99. The summed E-state index contributed by atoms with van der Waals surface area (Å²) in [7, 11) is 0. The highest BCUT2D eigenvalue weighted by Crippen LogP contribution is 2.20. The van der Waals surface area contributed by atoms with Crippen LogP contribution in [0, 0.1) is 0 Å². The van der Waals surface area contributed by atoms with Crippen molar-refractivity contribution in [2.75, 3.05) is 13.2 Å². The van der Waals surface area contributed by atoms with Crippen molar-refractivity contribution >= 4 is 21.9 Å². The van der Waals surface area contributed by atoms with E-state index >= 15 is 0 Å². The lowest BCUT2D eigenvalue weighted by atomic mass is 10.0. The quantitative estimate of drug-likeness (QED) is 0.630. The Morgan fingerprint density at radius 1 is 1.53 bits per heavy atom. The fraction of sp³-hybridized carbons (Fsp3) is 0.571. The van der Waals surface area contributed by atoms with Gasteiger partial charge in [-0.1, -0.05) is 12.5 Å². The second-order valence-corrected chi connectivity index (χ2v) is 5.50. The monoisotopic (exact) mass is 326 g/mol. The number of carbonyl (C=O) groups excluding carboxylic acids is 1. The van der Waals surface area contributed by atoms with Crippen molar-refractivity contribution in [2.24, 2.45) is 0 Å². The number of hydrogen-bond acceptors (Lipinski definition) is 4. The van der Waals surface area contributed by atoms with Crippen molar-refractivity contribution in [1.82, 2.24) is 9.88 Å². The number of pyridine rings is 1. The molecule has 1 unspecified atom stereocenters. The van der Waals surface area contributed by atoms with Gasteiger partial charge in [-0.2, -0.15) is 0 Å². The third-order valence-corrected chi connectivity index (χ3v) is 3.75. The Kier molecular flexibility index (Phi) is 5.34. The minimum absolute atomic E-state index is 0.0998. The van der Waals surface area contributed by atoms with Crippen molar-refractivity contribution in [3.05, 3.63) is 28.5 Å². The lowest BCUT2D eigenvalue weighted by Crippen LogP contribution is -2.45. The lowest BCUT2D eigenvalue weighted by Gasteiger charge is -2.33. The summed E-state index contributed by atoms with van der Waals surface area (Å²) in [6, 6.07) is 5.74. The minimum Gasteiger partial charge on any atom is -0.465 e. The van der Waals surface area contributed by atoms with Crippen LogP contribution in [0.5, 0.6) is 0 Å². The zero-order chi connectivity index (χ0) is 13.7. The van der Waals surface area contributed by atoms with E-state index in [-0.39, 0.29) is 12.0 Å². The standard InChI is InChI=1S/C14H19BrN2O2/c1-2-19-14(18)12-7-3-4-9-17(12)10-11-6-5-8-13(15)16-11/h5-6,8,12H,2-4,7,9-10H2,1H3. The largest absolute Gasteiger partial charge is 0.465 e. The van der Waals surface area contributed by atoms with Gasteiger partial charge in [-0.25, -0.2) is 4.98 Å². The maximum absolute atomic E-state index is 12.0. The van der Waals surface area contributed by atoms with Crippen molar-refractivity contribution in [1.29, 1.82) is 0 Å². The summed E-state index contributed by atoms with van der Waals surface area (Å²) in [5, 5.41) is 0. The third kappa shape index (κ3) is 4.01. The normalized spacial score (nSPS) is 20.2. The molecule has 0 aliphatic carbocycles. The summed E-state index contributed by atoms with van der Waals surface area (Å²) in [6.07, 6.45) is 3.10. The van der Waals surface area contributed by atoms with Crippen LogP contribution in [-0.4, -0.2) is 35.0 Å². The molecule has 0 radical (unpaired) electrons. The van der Waals surface area contributed by atoms with Crippen molar-refractivity contribution in [2.45, 2.75) is 38.8 Å². The van der Waals surface area contributed by atoms with Gasteiger partial charge in [0.15, 0.2) is 0 Å². The van der Waals surface area contributed by atoms with E-state index in [4.69, 9.17) is 4.74 Å². The molecule has 2 heterocycles. The number of hydrogen-bond donors (Lipinski definition) is 0. The molecule has 0 saturated carbocycles. The molecular weight excluding hydrogens is 308 g/mol. The smallest absolute Gasteiger partial charge is 0.323 e. The topological polar surface area (TPSA) is 42.4 Å². The summed E-state index contributed by atoms with van der Waals surface area (Å²) >= 11 is 3.37. The number of piperidine rings is 1. The number of ether oxygens (including phenoxy) is 1. The number of halogens is 1. The molecule has 1 aliphatic heterocycles. The van der Waals surface area contributed by atoms with E-state index in [1.807, 2.05) is 25.1 Å². The summed E-state index contributed by atoms with van der Waals surface area (Å²) in [5.74, 6) is -0.0998. The van der Waals surface area contributed by atoms with Gasteiger partial charge in [-0.05, 0) is 54.4 Å². The van der Waals surface area contributed by atoms with Gasteiger partial charge >= 0.3 is 5.97 Å². The lowest BCUT2D eigenvalue weighted by molar-refractivity contribution is -0.151. The Balaban J connectivity index is 2.05. The third-order valence-electron chi connectivity index (χ3n) is 3.31. The van der Waals surface area contributed by atoms with Crippen molar-refractivity contribution < 1.29 is 9.53 Å². The van der Waals surface area contributed by atoms with E-state index in [9.17, 15) is 4.79 Å². The number of aromatic nitrogens is 1. The van der Waals surface area contributed by atoms with Crippen LogP contribution in [0.3, 0.4) is 0 Å². The molecule has 1 atom stereocenters. The van der Waals surface area contributed by atoms with Crippen LogP contribution in [0.15, 0.2) is 22.8 Å². The predicted octanol–water partition coefficient (Wildman–Crippen LogP) is 2.76. The number of carbonyl (C=O) groups is 1. The molecule has 0 amide bonds. The van der Waals surface area contributed by atoms with Gasteiger partial charge in [0.05, 0.1) is 12.3 Å². The van der Waals surface area contributed by atoms with Crippen LogP contribution in [-0.2, 0) is 16.1 Å². The molecule has 1 fully saturated rings. The first-order valence-corrected chi connectivity index (χ1v) is 7.52. The van der Waals surface area contributed by atoms with E-state index in [2.05, 4.69) is 25.8 Å². The van der Waals surface area contributed by atoms with Gasteiger partial charge < -0.3 is 4.74 Å². The molecule has 0 N–H and O–H groups in total. The first-order chi connectivity index (χ1) is 9.20. The molecule has 0 spiro atoms. The van der Waals surface area contributed by atoms with Crippen LogP contribution in [0.2, 0.25) is 0 Å². The Hall–Kier alpha value is -0.940. The van der Waals surface area contributed by atoms with Gasteiger partial charge in [0.2, 0.25) is 0 Å². The first kappa shape index (κ1) is 14.5. The molecule has 4 nitrogen and oxygen atoms in total. The minimum atomic E-state index is -0.116. The SMILES string of the molecule is CCOC(=O)C1CCCCN1Cc1cccc(Br)n1. The molecule has 0 bridgehead atoms. The maximum atomic E-state index is 12.0. The summed E-state index contributed by atoms with van der Waals surface area (Å²) in [5.41, 5.74) is 0.977. The van der Waals surface area contributed by atoms with Gasteiger partial charge in [0.25, 0.3) is 0 Å². The van der Waals surface area contributed by atoms with E-state index in [1.54, 1.807) is 0 Å². The number of likely N-dealkylation sites (tertiary alicyclic amines) is 1. The van der Waals surface area contributed by atoms with Gasteiger partial charge in [0, 0.05) is 6.54 Å². The van der Waals surface area contributed by atoms with E-state index in [0.29, 0.717) is 13.2 Å². The van der Waals surface area contributed by atoms with Gasteiger partial charge in [0.1, 0.15) is 10.6 Å². The van der Waals surface area contributed by atoms with Crippen LogP contribution < -0.4 is 0 Å². The number of rotatable bonds is 4. The molecular formula is C14H19BrN2O2. The molecule has 19 heavy (non-hydrogen) atoms. The van der Waals surface area contributed by atoms with Gasteiger partial charge in [-0.15, -0.1) is 0 Å². The highest BCUT2D eigenvalue weighted by Gasteiger charge is 2.29. The average molecular weight is 327 g/mol. The first-order valence-electron chi connectivity index (χ1n) is 6.73. The van der Waals surface area contributed by atoms with E-state index in [1.165, 1.54) is 0 Å². The Labute approximate surface area is 122 Å². The second kappa shape index (κ2) is 7.01. The zero-order valence-electron chi connectivity index (χ0n) is 11.1. The number of nitrogens with zero attached hydrogens (tertiary/aromatic N) is 2. The molecule has 1 aromatic heterocycles. The molecule has 0 aromatic carbocycles. The Bertz CT molecular complexity index is 439. The van der Waals surface area contributed by atoms with Crippen LogP contribution in [0.1, 0.15) is 31.9 Å². The van der Waals surface area contributed by atoms with E-state index in [0.717, 1.165) is 36.1 Å². The average Bonchev–Trinajstić information content (AvgIpc) is 2.39. The molecule has 1 aliphatic rings. The molecule has 104 valence electrons. The fourth-order valence-corrected chi connectivity index (χ4v) is 2.81. The predicted molar refractivity (Wildman–Crippen MR) is 76.6 cm³/mol. The Morgan fingerprint density at radius 3 is 3.11 bits per heavy atom. The van der Waals surface area contributed by atoms with Crippen molar-refractivity contribution in [3.8, 4) is 0 Å². The molecule has 5 heteroatoms. The second-order valence-electron chi connectivity index (χ2n) is 4.69. The molecule has 1 saturated heterocycles. The molecule has 1 aromatic rings. The maximum Gasteiger partial charge on any atom is 0.323 e. The Morgan fingerprint density at radius 2 is 2.37 bits per heavy atom.